The Morgan fingerprint density at radius 2 is 2.00 bits per heavy atom. The molecule has 1 aromatic rings. The Morgan fingerprint density at radius 3 is 2.47 bits per heavy atom. The van der Waals surface area contributed by atoms with Crippen LogP contribution < -0.4 is 5.32 Å². The van der Waals surface area contributed by atoms with E-state index in [1.54, 1.807) is 0 Å². The summed E-state index contributed by atoms with van der Waals surface area (Å²) in [5.74, 6) is 2.78. The molecule has 1 aliphatic carbocycles. The van der Waals surface area contributed by atoms with Crippen LogP contribution in [0.4, 0.5) is 0 Å². The van der Waals surface area contributed by atoms with Gasteiger partial charge in [-0.3, -0.25) is 0 Å². The van der Waals surface area contributed by atoms with E-state index in [4.69, 9.17) is 0 Å². The minimum absolute atomic E-state index is 0.466. The van der Waals surface area contributed by atoms with Crippen molar-refractivity contribution in [3.8, 4) is 0 Å². The van der Waals surface area contributed by atoms with E-state index >= 15 is 0 Å². The van der Waals surface area contributed by atoms with Crippen molar-refractivity contribution in [2.75, 3.05) is 7.05 Å². The first-order valence-electron chi connectivity index (χ1n) is 6.79. The van der Waals surface area contributed by atoms with E-state index in [0.717, 1.165) is 17.7 Å². The molecular weight excluding hydrogens is 210 g/mol. The smallest absolute Gasteiger partial charge is 0.105 e. The Balaban J connectivity index is 2.13. The topological polar surface area (TPSA) is 29.9 Å². The van der Waals surface area contributed by atoms with Gasteiger partial charge < -0.3 is 9.88 Å². The normalized spacial score (nSPS) is 27.1. The minimum atomic E-state index is 0.466. The Kier molecular flexibility index (Phi) is 3.87. The van der Waals surface area contributed by atoms with E-state index in [0.29, 0.717) is 6.04 Å². The highest BCUT2D eigenvalue weighted by Gasteiger charge is 2.28. The summed E-state index contributed by atoms with van der Waals surface area (Å²) in [6.45, 7) is 4.44. The fourth-order valence-electron chi connectivity index (χ4n) is 3.05. The van der Waals surface area contributed by atoms with Gasteiger partial charge in [0.2, 0.25) is 0 Å². The molecule has 0 aliphatic heterocycles. The van der Waals surface area contributed by atoms with Crippen molar-refractivity contribution in [1.82, 2.24) is 14.9 Å². The molecule has 2 rings (SSSR count). The molecule has 3 heteroatoms. The van der Waals surface area contributed by atoms with Gasteiger partial charge in [0.25, 0.3) is 0 Å². The van der Waals surface area contributed by atoms with Gasteiger partial charge in [-0.1, -0.05) is 19.8 Å². The van der Waals surface area contributed by atoms with E-state index in [2.05, 4.69) is 42.8 Å². The SMILES string of the molecule is CNC(c1cnc(C)n1C)C1CCC(C)CC1. The first-order valence-corrected chi connectivity index (χ1v) is 6.79. The summed E-state index contributed by atoms with van der Waals surface area (Å²) >= 11 is 0. The van der Waals surface area contributed by atoms with Gasteiger partial charge >= 0.3 is 0 Å². The second-order valence-electron chi connectivity index (χ2n) is 5.58. The number of aromatic nitrogens is 2. The number of rotatable bonds is 3. The lowest BCUT2D eigenvalue weighted by Crippen LogP contribution is -2.29. The largest absolute Gasteiger partial charge is 0.334 e. The van der Waals surface area contributed by atoms with Gasteiger partial charge in [-0.15, -0.1) is 0 Å². The molecule has 3 nitrogen and oxygen atoms in total. The Labute approximate surface area is 105 Å². The predicted molar refractivity (Wildman–Crippen MR) is 70.9 cm³/mol. The first kappa shape index (κ1) is 12.6. The third-order valence-electron chi connectivity index (χ3n) is 4.42. The highest BCUT2D eigenvalue weighted by molar-refractivity contribution is 5.10. The number of imidazole rings is 1. The summed E-state index contributed by atoms with van der Waals surface area (Å²) in [5.41, 5.74) is 1.34. The summed E-state index contributed by atoms with van der Waals surface area (Å²) in [6, 6.07) is 0.466. The molecule has 1 atom stereocenters. The van der Waals surface area contributed by atoms with Crippen LogP contribution in [0, 0.1) is 18.8 Å². The highest BCUT2D eigenvalue weighted by atomic mass is 15.1. The lowest BCUT2D eigenvalue weighted by molar-refractivity contribution is 0.233. The third-order valence-corrected chi connectivity index (χ3v) is 4.42. The van der Waals surface area contributed by atoms with E-state index in [-0.39, 0.29) is 0 Å². The minimum Gasteiger partial charge on any atom is -0.334 e. The molecule has 1 aromatic heterocycles. The van der Waals surface area contributed by atoms with Gasteiger partial charge in [0, 0.05) is 7.05 Å². The van der Waals surface area contributed by atoms with Crippen LogP contribution in [0.2, 0.25) is 0 Å². The molecule has 1 N–H and O–H groups in total. The average Bonchev–Trinajstić information content (AvgIpc) is 2.65. The molecular formula is C14H25N3. The molecule has 0 aromatic carbocycles. The average molecular weight is 235 g/mol. The molecule has 0 bridgehead atoms. The summed E-state index contributed by atoms with van der Waals surface area (Å²) < 4.78 is 2.22. The molecule has 1 fully saturated rings. The van der Waals surface area contributed by atoms with Crippen molar-refractivity contribution in [2.45, 2.75) is 45.6 Å². The molecule has 96 valence electrons. The van der Waals surface area contributed by atoms with Gasteiger partial charge in [-0.25, -0.2) is 4.98 Å². The van der Waals surface area contributed by atoms with Gasteiger partial charge in [-0.2, -0.15) is 0 Å². The van der Waals surface area contributed by atoms with Crippen LogP contribution in [0.3, 0.4) is 0 Å². The van der Waals surface area contributed by atoms with E-state index < -0.39 is 0 Å². The molecule has 0 amide bonds. The summed E-state index contributed by atoms with van der Waals surface area (Å²) in [7, 11) is 4.19. The van der Waals surface area contributed by atoms with Crippen molar-refractivity contribution in [3.05, 3.63) is 17.7 Å². The number of nitrogens with one attached hydrogen (secondary N) is 1. The monoisotopic (exact) mass is 235 g/mol. The zero-order valence-electron chi connectivity index (χ0n) is 11.5. The maximum Gasteiger partial charge on any atom is 0.105 e. The van der Waals surface area contributed by atoms with Crippen LogP contribution in [-0.4, -0.2) is 16.6 Å². The van der Waals surface area contributed by atoms with E-state index in [9.17, 15) is 0 Å². The number of nitrogens with zero attached hydrogens (tertiary/aromatic N) is 2. The van der Waals surface area contributed by atoms with Crippen molar-refractivity contribution < 1.29 is 0 Å². The van der Waals surface area contributed by atoms with Crippen molar-refractivity contribution in [1.29, 1.82) is 0 Å². The van der Waals surface area contributed by atoms with Crippen molar-refractivity contribution in [3.63, 3.8) is 0 Å². The lowest BCUT2D eigenvalue weighted by atomic mass is 9.78. The van der Waals surface area contributed by atoms with Crippen molar-refractivity contribution in [2.24, 2.45) is 18.9 Å². The first-order chi connectivity index (χ1) is 8.13. The van der Waals surface area contributed by atoms with Crippen LogP contribution in [-0.2, 0) is 7.05 Å². The Bertz CT molecular complexity index is 362. The predicted octanol–water partition coefficient (Wildman–Crippen LogP) is 2.82. The molecule has 0 spiro atoms. The fourth-order valence-corrected chi connectivity index (χ4v) is 3.05. The highest BCUT2D eigenvalue weighted by Crippen LogP contribution is 2.36. The summed E-state index contributed by atoms with van der Waals surface area (Å²) in [5, 5.41) is 3.50. The van der Waals surface area contributed by atoms with Crippen LogP contribution >= 0.6 is 0 Å². The van der Waals surface area contributed by atoms with Gasteiger partial charge in [-0.05, 0) is 38.6 Å². The van der Waals surface area contributed by atoms with Gasteiger partial charge in [0.15, 0.2) is 0 Å². The Hall–Kier alpha value is -0.830. The van der Waals surface area contributed by atoms with Crippen LogP contribution in [0.5, 0.6) is 0 Å². The van der Waals surface area contributed by atoms with Gasteiger partial charge in [0.1, 0.15) is 5.82 Å². The summed E-state index contributed by atoms with van der Waals surface area (Å²) in [6.07, 6.45) is 7.47. The maximum absolute atomic E-state index is 4.42. The van der Waals surface area contributed by atoms with Crippen molar-refractivity contribution >= 4 is 0 Å². The number of aryl methyl sites for hydroxylation is 1. The third kappa shape index (κ3) is 2.54. The molecule has 17 heavy (non-hydrogen) atoms. The lowest BCUT2D eigenvalue weighted by Gasteiger charge is -2.32. The second kappa shape index (κ2) is 5.21. The molecule has 1 heterocycles. The van der Waals surface area contributed by atoms with Crippen LogP contribution in [0.15, 0.2) is 6.20 Å². The zero-order valence-corrected chi connectivity index (χ0v) is 11.5. The molecule has 0 radical (unpaired) electrons. The maximum atomic E-state index is 4.42. The summed E-state index contributed by atoms with van der Waals surface area (Å²) in [4.78, 5) is 4.42. The van der Waals surface area contributed by atoms with Crippen LogP contribution in [0.25, 0.3) is 0 Å². The van der Waals surface area contributed by atoms with E-state index in [1.807, 2.05) is 6.20 Å². The standard InChI is InChI=1S/C14H25N3/c1-10-5-7-12(8-6-10)14(15-3)13-9-16-11(2)17(13)4/h9-10,12,14-15H,5-8H2,1-4H3. The fraction of sp³-hybridized carbons (Fsp3) is 0.786. The van der Waals surface area contributed by atoms with Crippen LogP contribution in [0.1, 0.15) is 50.2 Å². The number of hydrogen-bond donors (Lipinski definition) is 1. The molecule has 1 aliphatic rings. The molecule has 1 unspecified atom stereocenters. The van der Waals surface area contributed by atoms with E-state index in [1.165, 1.54) is 31.4 Å². The zero-order chi connectivity index (χ0) is 12.4. The quantitative estimate of drug-likeness (QED) is 0.873. The second-order valence-corrected chi connectivity index (χ2v) is 5.58. The van der Waals surface area contributed by atoms with Gasteiger partial charge in [0.05, 0.1) is 17.9 Å². The number of hydrogen-bond acceptors (Lipinski definition) is 2. The Morgan fingerprint density at radius 1 is 1.35 bits per heavy atom. The molecule has 0 saturated heterocycles. The molecule has 1 saturated carbocycles.